The molecular formula is C26H30ClN3O4. The van der Waals surface area contributed by atoms with Gasteiger partial charge in [-0.05, 0) is 68.8 Å². The third-order valence-electron chi connectivity index (χ3n) is 6.03. The summed E-state index contributed by atoms with van der Waals surface area (Å²) < 4.78 is 13.9. The minimum absolute atomic E-state index is 0.229. The second-order valence-electron chi connectivity index (χ2n) is 8.94. The molecule has 1 aliphatic heterocycles. The molecule has 0 saturated carbocycles. The van der Waals surface area contributed by atoms with Gasteiger partial charge in [-0.3, -0.25) is 14.4 Å². The van der Waals surface area contributed by atoms with Crippen LogP contribution in [-0.2, 0) is 11.4 Å². The zero-order valence-corrected chi connectivity index (χ0v) is 20.7. The van der Waals surface area contributed by atoms with E-state index in [1.807, 2.05) is 60.0 Å². The molecule has 0 aliphatic carbocycles. The molecule has 0 amide bonds. The van der Waals surface area contributed by atoms with Crippen LogP contribution in [0.2, 0.25) is 5.15 Å². The minimum atomic E-state index is -0.806. The van der Waals surface area contributed by atoms with E-state index in [4.69, 9.17) is 21.1 Å². The van der Waals surface area contributed by atoms with E-state index in [2.05, 4.69) is 25.0 Å². The van der Waals surface area contributed by atoms with Crippen molar-refractivity contribution in [3.05, 3.63) is 58.3 Å². The molecule has 1 N–H and O–H groups in total. The van der Waals surface area contributed by atoms with Crippen molar-refractivity contribution >= 4 is 34.5 Å². The number of carboxylic acids is 1. The number of halogens is 1. The van der Waals surface area contributed by atoms with Crippen molar-refractivity contribution in [2.45, 2.75) is 45.9 Å². The Morgan fingerprint density at radius 1 is 1.29 bits per heavy atom. The van der Waals surface area contributed by atoms with E-state index >= 15 is 0 Å². The number of benzene rings is 2. The molecular weight excluding hydrogens is 454 g/mol. The fraction of sp³-hybridized carbons (Fsp3) is 0.385. The highest BCUT2D eigenvalue weighted by atomic mass is 35.5. The zero-order valence-electron chi connectivity index (χ0n) is 19.9. The SMILES string of the molecule is CCC(C(=O)O)N(C)CC1=Cc2ccc(OCc3ccc4c(c3)c(Cl)nn4C(C)C)cc2OC1. The number of aliphatic carboxylic acids is 1. The number of hydrogen-bond donors (Lipinski definition) is 1. The lowest BCUT2D eigenvalue weighted by atomic mass is 10.1. The van der Waals surface area contributed by atoms with Gasteiger partial charge < -0.3 is 14.6 Å². The molecule has 1 aliphatic rings. The van der Waals surface area contributed by atoms with Crippen LogP contribution in [0, 0.1) is 0 Å². The van der Waals surface area contributed by atoms with E-state index in [1.54, 1.807) is 0 Å². The highest BCUT2D eigenvalue weighted by Crippen LogP contribution is 2.32. The largest absolute Gasteiger partial charge is 0.489 e. The maximum Gasteiger partial charge on any atom is 0.320 e. The van der Waals surface area contributed by atoms with Crippen LogP contribution >= 0.6 is 11.6 Å². The topological polar surface area (TPSA) is 76.8 Å². The van der Waals surface area contributed by atoms with E-state index in [0.717, 1.165) is 33.4 Å². The van der Waals surface area contributed by atoms with E-state index in [9.17, 15) is 9.90 Å². The molecule has 0 fully saturated rings. The van der Waals surface area contributed by atoms with Crippen LogP contribution in [0.3, 0.4) is 0 Å². The van der Waals surface area contributed by atoms with Crippen molar-refractivity contribution in [3.8, 4) is 11.5 Å². The molecule has 34 heavy (non-hydrogen) atoms. The predicted molar refractivity (Wildman–Crippen MR) is 134 cm³/mol. The van der Waals surface area contributed by atoms with Gasteiger partial charge in [-0.2, -0.15) is 5.10 Å². The Bertz CT molecular complexity index is 1230. The maximum atomic E-state index is 11.4. The van der Waals surface area contributed by atoms with Gasteiger partial charge in [0.2, 0.25) is 0 Å². The summed E-state index contributed by atoms with van der Waals surface area (Å²) in [7, 11) is 1.83. The molecule has 1 atom stereocenters. The van der Waals surface area contributed by atoms with Gasteiger partial charge in [-0.15, -0.1) is 0 Å². The first-order valence-electron chi connectivity index (χ1n) is 11.5. The van der Waals surface area contributed by atoms with E-state index in [0.29, 0.717) is 37.1 Å². The normalized spacial score (nSPS) is 14.1. The summed E-state index contributed by atoms with van der Waals surface area (Å²) in [5, 5.41) is 15.2. The number of carbonyl (C=O) groups is 1. The molecule has 180 valence electrons. The fourth-order valence-corrected chi connectivity index (χ4v) is 4.51. The second kappa shape index (κ2) is 10.1. The Hall–Kier alpha value is -3.03. The zero-order chi connectivity index (χ0) is 24.4. The Kier molecular flexibility index (Phi) is 7.14. The van der Waals surface area contributed by atoms with Crippen LogP contribution in [0.1, 0.15) is 44.4 Å². The fourth-order valence-electron chi connectivity index (χ4n) is 4.28. The van der Waals surface area contributed by atoms with Crippen LogP contribution in [0.25, 0.3) is 17.0 Å². The summed E-state index contributed by atoms with van der Waals surface area (Å²) in [5.74, 6) is 0.666. The summed E-state index contributed by atoms with van der Waals surface area (Å²) in [5.41, 5.74) is 4.01. The molecule has 0 radical (unpaired) electrons. The smallest absolute Gasteiger partial charge is 0.320 e. The van der Waals surface area contributed by atoms with Crippen LogP contribution in [0.15, 0.2) is 42.0 Å². The summed E-state index contributed by atoms with van der Waals surface area (Å²) >= 11 is 6.35. The van der Waals surface area contributed by atoms with Crippen LogP contribution in [-0.4, -0.2) is 52.0 Å². The molecule has 1 aromatic heterocycles. The molecule has 3 aromatic rings. The monoisotopic (exact) mass is 483 g/mol. The quantitative estimate of drug-likeness (QED) is 0.438. The summed E-state index contributed by atoms with van der Waals surface area (Å²) in [6, 6.07) is 11.6. The predicted octanol–water partition coefficient (Wildman–Crippen LogP) is 5.42. The molecule has 1 unspecified atom stereocenters. The number of carboxylic acid groups (broad SMARTS) is 1. The summed E-state index contributed by atoms with van der Waals surface area (Å²) in [6.45, 7) is 7.39. The standard InChI is InChI=1S/C26H30ClN3O4/c1-5-22(26(31)32)29(4)13-18-10-19-7-8-20(12-24(19)34-15-18)33-14-17-6-9-23-21(11-17)25(27)28-30(23)16(2)3/h6-12,16,22H,5,13-15H2,1-4H3,(H,31,32). The average Bonchev–Trinajstić information content (AvgIpc) is 3.14. The third kappa shape index (κ3) is 5.05. The Morgan fingerprint density at radius 2 is 2.09 bits per heavy atom. The number of ether oxygens (including phenoxy) is 2. The lowest BCUT2D eigenvalue weighted by Gasteiger charge is -2.26. The van der Waals surface area contributed by atoms with Crippen molar-refractivity contribution in [2.75, 3.05) is 20.2 Å². The first kappa shape index (κ1) is 24.1. The molecule has 2 heterocycles. The molecule has 4 rings (SSSR count). The molecule has 8 heteroatoms. The minimum Gasteiger partial charge on any atom is -0.489 e. The summed E-state index contributed by atoms with van der Waals surface area (Å²) in [6.07, 6.45) is 2.62. The van der Waals surface area contributed by atoms with Crippen LogP contribution < -0.4 is 9.47 Å². The van der Waals surface area contributed by atoms with Gasteiger partial charge in [0, 0.05) is 29.6 Å². The first-order valence-corrected chi connectivity index (χ1v) is 11.8. The van der Waals surface area contributed by atoms with Gasteiger partial charge >= 0.3 is 5.97 Å². The molecule has 0 spiro atoms. The van der Waals surface area contributed by atoms with Gasteiger partial charge in [-0.25, -0.2) is 0 Å². The van der Waals surface area contributed by atoms with Crippen molar-refractivity contribution in [3.63, 3.8) is 0 Å². The average molecular weight is 484 g/mol. The highest BCUT2D eigenvalue weighted by molar-refractivity contribution is 6.34. The third-order valence-corrected chi connectivity index (χ3v) is 6.31. The lowest BCUT2D eigenvalue weighted by molar-refractivity contribution is -0.142. The number of hydrogen-bond acceptors (Lipinski definition) is 5. The van der Waals surface area contributed by atoms with Crippen molar-refractivity contribution in [2.24, 2.45) is 0 Å². The summed E-state index contributed by atoms with van der Waals surface area (Å²) in [4.78, 5) is 13.2. The molecule has 0 saturated heterocycles. The van der Waals surface area contributed by atoms with Crippen molar-refractivity contribution in [1.29, 1.82) is 0 Å². The van der Waals surface area contributed by atoms with Gasteiger partial charge in [-0.1, -0.05) is 24.6 Å². The van der Waals surface area contributed by atoms with Gasteiger partial charge in [0.25, 0.3) is 0 Å². The second-order valence-corrected chi connectivity index (χ2v) is 9.30. The number of nitrogens with zero attached hydrogens (tertiary/aromatic N) is 3. The van der Waals surface area contributed by atoms with E-state index in [-0.39, 0.29) is 6.04 Å². The number of rotatable bonds is 9. The Balaban J connectivity index is 1.43. The molecule has 7 nitrogen and oxygen atoms in total. The first-order chi connectivity index (χ1) is 16.3. The van der Waals surface area contributed by atoms with Gasteiger partial charge in [0.15, 0.2) is 5.15 Å². The van der Waals surface area contributed by atoms with E-state index in [1.165, 1.54) is 0 Å². The number of aromatic nitrogens is 2. The molecule has 0 bridgehead atoms. The number of likely N-dealkylation sites (N-methyl/N-ethyl adjacent to an activating group) is 1. The van der Waals surface area contributed by atoms with Crippen LogP contribution in [0.5, 0.6) is 11.5 Å². The Morgan fingerprint density at radius 3 is 2.79 bits per heavy atom. The van der Waals surface area contributed by atoms with Crippen molar-refractivity contribution in [1.82, 2.24) is 14.7 Å². The lowest BCUT2D eigenvalue weighted by Crippen LogP contribution is -2.39. The van der Waals surface area contributed by atoms with E-state index < -0.39 is 12.0 Å². The van der Waals surface area contributed by atoms with Crippen LogP contribution in [0.4, 0.5) is 0 Å². The molecule has 2 aromatic carbocycles. The number of fused-ring (bicyclic) bond motifs is 2. The highest BCUT2D eigenvalue weighted by Gasteiger charge is 2.22. The maximum absolute atomic E-state index is 11.4. The van der Waals surface area contributed by atoms with Gasteiger partial charge in [0.1, 0.15) is 30.8 Å². The van der Waals surface area contributed by atoms with Crippen molar-refractivity contribution < 1.29 is 19.4 Å². The Labute approximate surface area is 204 Å². The van der Waals surface area contributed by atoms with Gasteiger partial charge in [0.05, 0.1) is 5.52 Å².